The summed E-state index contributed by atoms with van der Waals surface area (Å²) in [7, 11) is -3.03. The first kappa shape index (κ1) is 12.2. The van der Waals surface area contributed by atoms with Gasteiger partial charge in [-0.2, -0.15) is 5.10 Å². The number of H-pyrrole nitrogens is 1. The van der Waals surface area contributed by atoms with Gasteiger partial charge in [-0.15, -0.1) is 0 Å². The number of hydrogen-bond acceptors (Lipinski definition) is 4. The molecule has 1 saturated heterocycles. The van der Waals surface area contributed by atoms with Gasteiger partial charge >= 0.3 is 0 Å². The number of benzene rings is 1. The highest BCUT2D eigenvalue weighted by atomic mass is 32.2. The number of nitrogens with zero attached hydrogens (tertiary/aromatic N) is 1. The highest BCUT2D eigenvalue weighted by Crippen LogP contribution is 2.22. The molecular weight excluding hydrogens is 266 g/mol. The summed E-state index contributed by atoms with van der Waals surface area (Å²) >= 11 is 0. The molecule has 6 nitrogen and oxygen atoms in total. The van der Waals surface area contributed by atoms with Crippen molar-refractivity contribution in [3.05, 3.63) is 24.4 Å². The van der Waals surface area contributed by atoms with Crippen molar-refractivity contribution in [2.75, 3.05) is 16.8 Å². The Morgan fingerprint density at radius 1 is 1.42 bits per heavy atom. The molecule has 2 aromatic rings. The molecule has 1 aliphatic heterocycles. The Hall–Kier alpha value is -1.89. The van der Waals surface area contributed by atoms with E-state index in [-0.39, 0.29) is 17.4 Å². The number of rotatable bonds is 2. The molecule has 2 N–H and O–H groups in total. The Bertz CT molecular complexity index is 736. The van der Waals surface area contributed by atoms with Crippen molar-refractivity contribution < 1.29 is 13.2 Å². The first-order valence-corrected chi connectivity index (χ1v) is 7.80. The summed E-state index contributed by atoms with van der Waals surface area (Å²) in [5.41, 5.74) is 1.55. The molecule has 1 amide bonds. The lowest BCUT2D eigenvalue weighted by Gasteiger charge is -2.09. The van der Waals surface area contributed by atoms with Crippen LogP contribution in [0.2, 0.25) is 0 Å². The topological polar surface area (TPSA) is 91.9 Å². The Balaban J connectivity index is 1.75. The number of fused-ring (bicyclic) bond motifs is 1. The number of aromatic nitrogens is 2. The third kappa shape index (κ3) is 2.46. The first-order chi connectivity index (χ1) is 9.03. The van der Waals surface area contributed by atoms with Gasteiger partial charge in [0.15, 0.2) is 9.84 Å². The molecule has 0 radical (unpaired) electrons. The molecule has 100 valence electrons. The van der Waals surface area contributed by atoms with E-state index in [4.69, 9.17) is 0 Å². The van der Waals surface area contributed by atoms with Crippen LogP contribution >= 0.6 is 0 Å². The van der Waals surface area contributed by atoms with Crippen molar-refractivity contribution in [3.63, 3.8) is 0 Å². The molecule has 2 heterocycles. The van der Waals surface area contributed by atoms with Crippen LogP contribution in [0.5, 0.6) is 0 Å². The molecule has 1 aliphatic rings. The van der Waals surface area contributed by atoms with E-state index >= 15 is 0 Å². The van der Waals surface area contributed by atoms with Crippen LogP contribution in [0.4, 0.5) is 5.69 Å². The highest BCUT2D eigenvalue weighted by molar-refractivity contribution is 7.91. The minimum Gasteiger partial charge on any atom is -0.326 e. The molecule has 0 saturated carbocycles. The zero-order valence-corrected chi connectivity index (χ0v) is 10.9. The van der Waals surface area contributed by atoms with Gasteiger partial charge in [-0.25, -0.2) is 8.42 Å². The molecule has 0 unspecified atom stereocenters. The van der Waals surface area contributed by atoms with Crippen molar-refractivity contribution >= 4 is 32.3 Å². The smallest absolute Gasteiger partial charge is 0.228 e. The fourth-order valence-electron chi connectivity index (χ4n) is 2.27. The molecule has 3 rings (SSSR count). The predicted molar refractivity (Wildman–Crippen MR) is 71.5 cm³/mol. The van der Waals surface area contributed by atoms with E-state index in [1.165, 1.54) is 0 Å². The molecule has 1 aromatic carbocycles. The van der Waals surface area contributed by atoms with Crippen LogP contribution in [0.3, 0.4) is 0 Å². The number of amides is 1. The molecule has 1 aromatic heterocycles. The third-order valence-electron chi connectivity index (χ3n) is 3.31. The summed E-state index contributed by atoms with van der Waals surface area (Å²) in [5.74, 6) is -0.618. The average molecular weight is 279 g/mol. The third-order valence-corrected chi connectivity index (χ3v) is 5.08. The maximum absolute atomic E-state index is 12.0. The van der Waals surface area contributed by atoms with Crippen molar-refractivity contribution in [1.82, 2.24) is 10.2 Å². The quantitative estimate of drug-likeness (QED) is 0.855. The normalized spacial score (nSPS) is 21.6. The lowest BCUT2D eigenvalue weighted by molar-refractivity contribution is -0.119. The first-order valence-electron chi connectivity index (χ1n) is 5.98. The van der Waals surface area contributed by atoms with Gasteiger partial charge in [0.05, 0.1) is 29.1 Å². The molecule has 19 heavy (non-hydrogen) atoms. The van der Waals surface area contributed by atoms with Crippen molar-refractivity contribution in [2.45, 2.75) is 6.42 Å². The number of carbonyl (C=O) groups is 1. The number of carbonyl (C=O) groups excluding carboxylic acids is 1. The van der Waals surface area contributed by atoms with E-state index in [2.05, 4.69) is 15.5 Å². The van der Waals surface area contributed by atoms with Crippen molar-refractivity contribution in [1.29, 1.82) is 0 Å². The second-order valence-corrected chi connectivity index (χ2v) is 6.99. The van der Waals surface area contributed by atoms with Crippen LogP contribution in [-0.4, -0.2) is 36.0 Å². The van der Waals surface area contributed by atoms with Gasteiger partial charge in [0.2, 0.25) is 5.91 Å². The van der Waals surface area contributed by atoms with Gasteiger partial charge in [0, 0.05) is 11.1 Å². The number of sulfone groups is 1. The Labute approximate surface area is 110 Å². The van der Waals surface area contributed by atoms with Crippen LogP contribution in [0.15, 0.2) is 24.4 Å². The Morgan fingerprint density at radius 2 is 2.26 bits per heavy atom. The van der Waals surface area contributed by atoms with E-state index in [1.54, 1.807) is 18.3 Å². The number of anilines is 1. The molecule has 0 spiro atoms. The van der Waals surface area contributed by atoms with E-state index in [9.17, 15) is 13.2 Å². The second-order valence-electron chi connectivity index (χ2n) is 4.76. The molecule has 1 atom stereocenters. The average Bonchev–Trinajstić information content (AvgIpc) is 2.94. The summed E-state index contributed by atoms with van der Waals surface area (Å²) in [6.07, 6.45) is 2.08. The summed E-state index contributed by atoms with van der Waals surface area (Å²) in [6, 6.07) is 5.39. The number of nitrogens with one attached hydrogen (secondary N) is 2. The monoisotopic (exact) mass is 279 g/mol. The lowest BCUT2D eigenvalue weighted by atomic mass is 10.1. The zero-order valence-electron chi connectivity index (χ0n) is 10.1. The lowest BCUT2D eigenvalue weighted by Crippen LogP contribution is -2.23. The molecule has 0 bridgehead atoms. The highest BCUT2D eigenvalue weighted by Gasteiger charge is 2.32. The Kier molecular flexibility index (Phi) is 2.78. The van der Waals surface area contributed by atoms with Crippen LogP contribution in [0.1, 0.15) is 6.42 Å². The molecule has 0 aliphatic carbocycles. The Morgan fingerprint density at radius 3 is 3.00 bits per heavy atom. The second kappa shape index (κ2) is 4.34. The van der Waals surface area contributed by atoms with Crippen LogP contribution in [-0.2, 0) is 14.6 Å². The maximum atomic E-state index is 12.0. The van der Waals surface area contributed by atoms with Gasteiger partial charge in [0.25, 0.3) is 0 Å². The van der Waals surface area contributed by atoms with E-state index in [1.807, 2.05) is 6.07 Å². The van der Waals surface area contributed by atoms with Crippen LogP contribution in [0, 0.1) is 5.92 Å². The number of hydrogen-bond donors (Lipinski definition) is 2. The fourth-order valence-corrected chi connectivity index (χ4v) is 4.01. The van der Waals surface area contributed by atoms with E-state index in [0.29, 0.717) is 12.1 Å². The summed E-state index contributed by atoms with van der Waals surface area (Å²) in [6.45, 7) is 0. The van der Waals surface area contributed by atoms with Crippen molar-refractivity contribution in [3.8, 4) is 0 Å². The van der Waals surface area contributed by atoms with Gasteiger partial charge < -0.3 is 5.32 Å². The minimum atomic E-state index is -3.03. The summed E-state index contributed by atoms with van der Waals surface area (Å²) in [4.78, 5) is 12.0. The van der Waals surface area contributed by atoms with E-state index in [0.717, 1.165) is 10.9 Å². The SMILES string of the molecule is O=C(Nc1ccc2[nH]ncc2c1)[C@H]1CCS(=O)(=O)C1. The minimum absolute atomic E-state index is 0.0488. The van der Waals surface area contributed by atoms with Gasteiger partial charge in [-0.05, 0) is 24.6 Å². The largest absolute Gasteiger partial charge is 0.326 e. The van der Waals surface area contributed by atoms with Crippen LogP contribution in [0.25, 0.3) is 10.9 Å². The summed E-state index contributed by atoms with van der Waals surface area (Å²) < 4.78 is 22.7. The molecule has 1 fully saturated rings. The van der Waals surface area contributed by atoms with Gasteiger partial charge in [-0.3, -0.25) is 9.89 Å². The predicted octanol–water partition coefficient (Wildman–Crippen LogP) is 0.936. The molecular formula is C12H13N3O3S. The standard InChI is InChI=1S/C12H13N3O3S/c16-12(8-3-4-19(17,18)7-8)14-10-1-2-11-9(5-10)6-13-15-11/h1-2,5-6,8H,3-4,7H2,(H,13,15)(H,14,16)/t8-/m0/s1. The van der Waals surface area contributed by atoms with E-state index < -0.39 is 15.8 Å². The fraction of sp³-hybridized carbons (Fsp3) is 0.333. The maximum Gasteiger partial charge on any atom is 0.228 e. The van der Waals surface area contributed by atoms with Crippen molar-refractivity contribution in [2.24, 2.45) is 5.92 Å². The van der Waals surface area contributed by atoms with Gasteiger partial charge in [0.1, 0.15) is 0 Å². The molecule has 7 heteroatoms. The number of aromatic amines is 1. The van der Waals surface area contributed by atoms with Gasteiger partial charge in [-0.1, -0.05) is 0 Å². The van der Waals surface area contributed by atoms with Crippen LogP contribution < -0.4 is 5.32 Å². The summed E-state index contributed by atoms with van der Waals surface area (Å²) in [5, 5.41) is 10.4. The zero-order chi connectivity index (χ0) is 13.5.